The first kappa shape index (κ1) is 18.0. The van der Waals surface area contributed by atoms with E-state index in [9.17, 15) is 4.79 Å². The monoisotopic (exact) mass is 351 g/mol. The summed E-state index contributed by atoms with van der Waals surface area (Å²) in [5.74, 6) is 0. The van der Waals surface area contributed by atoms with Gasteiger partial charge in [-0.2, -0.15) is 0 Å². The summed E-state index contributed by atoms with van der Waals surface area (Å²) in [6.45, 7) is 1.82. The van der Waals surface area contributed by atoms with E-state index < -0.39 is 0 Å². The van der Waals surface area contributed by atoms with E-state index in [4.69, 9.17) is 4.74 Å². The molecule has 0 aliphatic rings. The van der Waals surface area contributed by atoms with Gasteiger partial charge in [0.2, 0.25) is 0 Å². The Morgan fingerprint density at radius 3 is 2.69 bits per heavy atom. The summed E-state index contributed by atoms with van der Waals surface area (Å²) in [7, 11) is 3.67. The van der Waals surface area contributed by atoms with Crippen molar-refractivity contribution in [3.8, 4) is 0 Å². The molecule has 3 rings (SSSR count). The van der Waals surface area contributed by atoms with Gasteiger partial charge in [0, 0.05) is 44.6 Å². The number of carbonyl (C=O) groups is 1. The molecule has 5 nitrogen and oxygen atoms in total. The van der Waals surface area contributed by atoms with Crippen molar-refractivity contribution < 1.29 is 9.53 Å². The van der Waals surface area contributed by atoms with Gasteiger partial charge in [0.05, 0.1) is 12.2 Å². The molecule has 5 heteroatoms. The summed E-state index contributed by atoms with van der Waals surface area (Å²) >= 11 is 0. The minimum Gasteiger partial charge on any atom is -0.385 e. The van der Waals surface area contributed by atoms with Crippen molar-refractivity contribution in [2.45, 2.75) is 13.0 Å². The minimum absolute atomic E-state index is 0.0985. The second-order valence-electron chi connectivity index (χ2n) is 6.34. The number of aryl methyl sites for hydroxylation is 1. The number of hydrogen-bond donors (Lipinski definition) is 1. The molecule has 136 valence electrons. The number of methoxy groups -OCH3 is 1. The average Bonchev–Trinajstić information content (AvgIpc) is 3.06. The van der Waals surface area contributed by atoms with E-state index in [-0.39, 0.29) is 6.03 Å². The molecule has 26 heavy (non-hydrogen) atoms. The summed E-state index contributed by atoms with van der Waals surface area (Å²) < 4.78 is 7.18. The fourth-order valence-electron chi connectivity index (χ4n) is 3.04. The Bertz CT molecular complexity index is 867. The SMILES string of the molecule is COCCCN(Cc1cccn1C)C(=O)Nc1cccc2ccccc12. The molecule has 0 saturated heterocycles. The Morgan fingerprint density at radius 1 is 1.12 bits per heavy atom. The van der Waals surface area contributed by atoms with Crippen molar-refractivity contribution in [3.05, 3.63) is 66.5 Å². The molecular formula is C21H25N3O2. The topological polar surface area (TPSA) is 46.5 Å². The highest BCUT2D eigenvalue weighted by Crippen LogP contribution is 2.23. The smallest absolute Gasteiger partial charge is 0.322 e. The summed E-state index contributed by atoms with van der Waals surface area (Å²) in [5.41, 5.74) is 1.92. The van der Waals surface area contributed by atoms with Crippen molar-refractivity contribution in [1.29, 1.82) is 0 Å². The molecule has 0 spiro atoms. The predicted octanol–water partition coefficient (Wildman–Crippen LogP) is 4.25. The maximum Gasteiger partial charge on any atom is 0.322 e. The molecule has 0 unspecified atom stereocenters. The van der Waals surface area contributed by atoms with Gasteiger partial charge in [-0.1, -0.05) is 36.4 Å². The number of nitrogens with zero attached hydrogens (tertiary/aromatic N) is 2. The number of nitrogens with one attached hydrogen (secondary N) is 1. The highest BCUT2D eigenvalue weighted by Gasteiger charge is 2.16. The maximum absolute atomic E-state index is 13.0. The molecule has 2 amide bonds. The van der Waals surface area contributed by atoms with E-state index >= 15 is 0 Å². The third-order valence-corrected chi connectivity index (χ3v) is 4.50. The molecular weight excluding hydrogens is 326 g/mol. The minimum atomic E-state index is -0.0985. The van der Waals surface area contributed by atoms with Gasteiger partial charge in [-0.3, -0.25) is 0 Å². The van der Waals surface area contributed by atoms with Crippen molar-refractivity contribution >= 4 is 22.5 Å². The lowest BCUT2D eigenvalue weighted by Gasteiger charge is -2.24. The number of carbonyl (C=O) groups excluding carboxylic acids is 1. The van der Waals surface area contributed by atoms with Gasteiger partial charge in [-0.05, 0) is 30.0 Å². The van der Waals surface area contributed by atoms with Crippen molar-refractivity contribution in [2.75, 3.05) is 25.6 Å². The number of anilines is 1. The van der Waals surface area contributed by atoms with E-state index in [1.807, 2.05) is 77.3 Å². The van der Waals surface area contributed by atoms with Crippen molar-refractivity contribution in [3.63, 3.8) is 0 Å². The average molecular weight is 351 g/mol. The molecule has 0 fully saturated rings. The Hall–Kier alpha value is -2.79. The molecule has 0 aliphatic heterocycles. The fourth-order valence-corrected chi connectivity index (χ4v) is 3.04. The normalized spacial score (nSPS) is 10.8. The van der Waals surface area contributed by atoms with E-state index in [2.05, 4.69) is 5.32 Å². The van der Waals surface area contributed by atoms with Crippen LogP contribution in [0, 0.1) is 0 Å². The first-order valence-electron chi connectivity index (χ1n) is 8.82. The maximum atomic E-state index is 13.0. The third kappa shape index (κ3) is 4.24. The second-order valence-corrected chi connectivity index (χ2v) is 6.34. The lowest BCUT2D eigenvalue weighted by atomic mass is 10.1. The van der Waals surface area contributed by atoms with Crippen LogP contribution in [0.3, 0.4) is 0 Å². The first-order chi connectivity index (χ1) is 12.7. The number of ether oxygens (including phenoxy) is 1. The van der Waals surface area contributed by atoms with Crippen LogP contribution < -0.4 is 5.32 Å². The van der Waals surface area contributed by atoms with Gasteiger partial charge in [0.15, 0.2) is 0 Å². The number of benzene rings is 2. The van der Waals surface area contributed by atoms with Crippen LogP contribution in [-0.4, -0.2) is 35.8 Å². The molecule has 0 aliphatic carbocycles. The molecule has 2 aromatic carbocycles. The first-order valence-corrected chi connectivity index (χ1v) is 8.82. The fraction of sp³-hybridized carbons (Fsp3) is 0.286. The van der Waals surface area contributed by atoms with Crippen LogP contribution in [0.4, 0.5) is 10.5 Å². The number of amides is 2. The standard InChI is InChI=1S/C21H25N3O2/c1-23-13-6-10-18(23)16-24(14-7-15-26-2)21(25)22-20-12-5-9-17-8-3-4-11-19(17)20/h3-6,8-13H,7,14-16H2,1-2H3,(H,22,25). The highest BCUT2D eigenvalue weighted by molar-refractivity contribution is 6.01. The van der Waals surface area contributed by atoms with Crippen LogP contribution in [0.1, 0.15) is 12.1 Å². The van der Waals surface area contributed by atoms with Crippen LogP contribution in [0.15, 0.2) is 60.8 Å². The van der Waals surface area contributed by atoms with Gasteiger partial charge < -0.3 is 19.5 Å². The summed E-state index contributed by atoms with van der Waals surface area (Å²) in [4.78, 5) is 14.8. The summed E-state index contributed by atoms with van der Waals surface area (Å²) in [6, 6.07) is 17.9. The quantitative estimate of drug-likeness (QED) is 0.647. The van der Waals surface area contributed by atoms with Crippen molar-refractivity contribution in [2.24, 2.45) is 7.05 Å². The van der Waals surface area contributed by atoms with Gasteiger partial charge in [-0.25, -0.2) is 4.79 Å². The molecule has 0 atom stereocenters. The molecule has 0 radical (unpaired) electrons. The zero-order chi connectivity index (χ0) is 18.4. The largest absolute Gasteiger partial charge is 0.385 e. The lowest BCUT2D eigenvalue weighted by molar-refractivity contribution is 0.171. The predicted molar refractivity (Wildman–Crippen MR) is 105 cm³/mol. The number of aromatic nitrogens is 1. The Labute approximate surface area is 154 Å². The van der Waals surface area contributed by atoms with Crippen LogP contribution in [0.5, 0.6) is 0 Å². The Morgan fingerprint density at radius 2 is 1.92 bits per heavy atom. The summed E-state index contributed by atoms with van der Waals surface area (Å²) in [6.07, 6.45) is 2.79. The highest BCUT2D eigenvalue weighted by atomic mass is 16.5. The molecule has 3 aromatic rings. The molecule has 0 saturated carbocycles. The zero-order valence-electron chi connectivity index (χ0n) is 15.3. The molecule has 1 N–H and O–H groups in total. The van der Waals surface area contributed by atoms with Gasteiger partial charge in [-0.15, -0.1) is 0 Å². The van der Waals surface area contributed by atoms with Crippen molar-refractivity contribution in [1.82, 2.24) is 9.47 Å². The number of fused-ring (bicyclic) bond motifs is 1. The van der Waals surface area contributed by atoms with E-state index in [1.54, 1.807) is 7.11 Å². The molecule has 1 heterocycles. The second kappa shape index (κ2) is 8.54. The Balaban J connectivity index is 1.78. The number of urea groups is 1. The van der Waals surface area contributed by atoms with Crippen LogP contribution >= 0.6 is 0 Å². The van der Waals surface area contributed by atoms with Gasteiger partial charge in [0.1, 0.15) is 0 Å². The van der Waals surface area contributed by atoms with Crippen LogP contribution in [0.2, 0.25) is 0 Å². The lowest BCUT2D eigenvalue weighted by Crippen LogP contribution is -2.36. The van der Waals surface area contributed by atoms with E-state index in [0.29, 0.717) is 19.7 Å². The molecule has 0 bridgehead atoms. The summed E-state index contributed by atoms with van der Waals surface area (Å²) in [5, 5.41) is 5.23. The number of rotatable bonds is 7. The number of hydrogen-bond acceptors (Lipinski definition) is 2. The Kier molecular flexibility index (Phi) is 5.92. The van der Waals surface area contributed by atoms with Crippen LogP contribution in [-0.2, 0) is 18.3 Å². The van der Waals surface area contributed by atoms with E-state index in [1.165, 1.54) is 0 Å². The molecule has 1 aromatic heterocycles. The van der Waals surface area contributed by atoms with Gasteiger partial charge >= 0.3 is 6.03 Å². The van der Waals surface area contributed by atoms with E-state index in [0.717, 1.165) is 28.6 Å². The third-order valence-electron chi connectivity index (χ3n) is 4.50. The zero-order valence-corrected chi connectivity index (χ0v) is 15.3. The van der Waals surface area contributed by atoms with Gasteiger partial charge in [0.25, 0.3) is 0 Å². The van der Waals surface area contributed by atoms with Crippen LogP contribution in [0.25, 0.3) is 10.8 Å².